The largest absolute Gasteiger partial charge is 0.330 e. The maximum Gasteiger partial charge on any atom is 0.319 e. The predicted molar refractivity (Wildman–Crippen MR) is 132 cm³/mol. The van der Waals surface area contributed by atoms with Crippen LogP contribution in [0.2, 0.25) is 0 Å². The molecule has 0 bridgehead atoms. The maximum absolute atomic E-state index is 13.5. The second kappa shape index (κ2) is 9.08. The number of carbonyl (C=O) groups excluding carboxylic acids is 2. The number of fused-ring (bicyclic) bond motifs is 2. The standard InChI is InChI=1S/C25H27N7O4/c1-30(2)15-20(16-7-4-3-5-8-16)26-24(34)31-14-19-21(25(31)11-12-25)28-29-22(19)27-23(33)17-9-6-10-18(13-17)32(35)36/h3-10,13,20H,11-12,14-15H2,1-2H3,(H,26,34)(H2,27,28,29,33)/t20-/m1/s1. The second-order valence-corrected chi connectivity index (χ2v) is 9.48. The van der Waals surface area contributed by atoms with Gasteiger partial charge in [0.2, 0.25) is 0 Å². The van der Waals surface area contributed by atoms with E-state index in [0.717, 1.165) is 29.7 Å². The van der Waals surface area contributed by atoms with Crippen LogP contribution in [-0.4, -0.2) is 57.5 Å². The Kier molecular flexibility index (Phi) is 5.92. The van der Waals surface area contributed by atoms with Gasteiger partial charge in [-0.1, -0.05) is 36.4 Å². The van der Waals surface area contributed by atoms with Crippen molar-refractivity contribution in [3.63, 3.8) is 0 Å². The number of likely N-dealkylation sites (N-methyl/N-ethyl adjacent to an activating group) is 1. The third-order valence-corrected chi connectivity index (χ3v) is 6.73. The van der Waals surface area contributed by atoms with E-state index in [9.17, 15) is 19.7 Å². The van der Waals surface area contributed by atoms with Crippen LogP contribution in [0.25, 0.3) is 0 Å². The third kappa shape index (κ3) is 4.29. The summed E-state index contributed by atoms with van der Waals surface area (Å²) in [5.74, 6) is -0.174. The van der Waals surface area contributed by atoms with Crippen molar-refractivity contribution in [3.05, 3.63) is 87.1 Å². The van der Waals surface area contributed by atoms with E-state index in [2.05, 4.69) is 20.8 Å². The molecule has 186 valence electrons. The van der Waals surface area contributed by atoms with E-state index in [1.807, 2.05) is 54.2 Å². The van der Waals surface area contributed by atoms with Crippen molar-refractivity contribution in [2.45, 2.75) is 31.0 Å². The minimum Gasteiger partial charge on any atom is -0.330 e. The number of nitro benzene ring substituents is 1. The summed E-state index contributed by atoms with van der Waals surface area (Å²) in [5, 5.41) is 24.3. The predicted octanol–water partition coefficient (Wildman–Crippen LogP) is 3.39. The van der Waals surface area contributed by atoms with Crippen molar-refractivity contribution in [2.75, 3.05) is 26.0 Å². The molecule has 2 heterocycles. The SMILES string of the molecule is CN(C)C[C@@H](NC(=O)N1Cc2c(NC(=O)c3cccc([N+](=O)[O-])c3)n[nH]c2C12CC2)c1ccccc1. The summed E-state index contributed by atoms with van der Waals surface area (Å²) in [7, 11) is 3.93. The van der Waals surface area contributed by atoms with Gasteiger partial charge in [-0.2, -0.15) is 5.10 Å². The third-order valence-electron chi connectivity index (χ3n) is 6.73. The lowest BCUT2D eigenvalue weighted by atomic mass is 10.1. The molecule has 0 radical (unpaired) electrons. The zero-order valence-electron chi connectivity index (χ0n) is 20.0. The normalized spacial score (nSPS) is 16.0. The van der Waals surface area contributed by atoms with Crippen LogP contribution in [0.15, 0.2) is 54.6 Å². The minimum atomic E-state index is -0.546. The number of benzene rings is 2. The molecule has 3 amide bonds. The number of nitrogens with zero attached hydrogens (tertiary/aromatic N) is 4. The Bertz CT molecular complexity index is 1320. The molecule has 1 atom stereocenters. The molecule has 1 saturated carbocycles. The molecule has 3 aromatic rings. The molecule has 2 aromatic carbocycles. The lowest BCUT2D eigenvalue weighted by molar-refractivity contribution is -0.384. The van der Waals surface area contributed by atoms with Crippen LogP contribution in [0.1, 0.15) is 46.1 Å². The van der Waals surface area contributed by atoms with Crippen molar-refractivity contribution < 1.29 is 14.5 Å². The average molecular weight is 490 g/mol. The van der Waals surface area contributed by atoms with Gasteiger partial charge in [0, 0.05) is 29.8 Å². The summed E-state index contributed by atoms with van der Waals surface area (Å²) >= 11 is 0. The van der Waals surface area contributed by atoms with E-state index in [4.69, 9.17) is 0 Å². The topological polar surface area (TPSA) is 137 Å². The Balaban J connectivity index is 1.34. The molecule has 1 aromatic heterocycles. The molecule has 0 saturated heterocycles. The molecule has 1 aliphatic heterocycles. The number of urea groups is 1. The molecule has 1 fully saturated rings. The van der Waals surface area contributed by atoms with Gasteiger partial charge in [0.05, 0.1) is 28.7 Å². The zero-order valence-corrected chi connectivity index (χ0v) is 20.0. The highest BCUT2D eigenvalue weighted by Gasteiger charge is 2.58. The fraction of sp³-hybridized carbons (Fsp3) is 0.320. The number of hydrogen-bond acceptors (Lipinski definition) is 6. The maximum atomic E-state index is 13.5. The summed E-state index contributed by atoms with van der Waals surface area (Å²) in [6, 6.07) is 15.0. The summed E-state index contributed by atoms with van der Waals surface area (Å²) in [5.41, 5.74) is 2.14. The van der Waals surface area contributed by atoms with Crippen LogP contribution in [0.3, 0.4) is 0 Å². The lowest BCUT2D eigenvalue weighted by Gasteiger charge is -2.29. The molecule has 2 aliphatic rings. The van der Waals surface area contributed by atoms with Crippen LogP contribution < -0.4 is 10.6 Å². The number of H-pyrrole nitrogens is 1. The van der Waals surface area contributed by atoms with Crippen LogP contribution in [0, 0.1) is 10.1 Å². The molecule has 11 nitrogen and oxygen atoms in total. The summed E-state index contributed by atoms with van der Waals surface area (Å²) < 4.78 is 0. The van der Waals surface area contributed by atoms with Gasteiger partial charge >= 0.3 is 6.03 Å². The number of aromatic nitrogens is 2. The molecular formula is C25H27N7O4. The highest BCUT2D eigenvalue weighted by molar-refractivity contribution is 6.04. The Labute approximate surface area is 207 Å². The first-order valence-corrected chi connectivity index (χ1v) is 11.7. The summed E-state index contributed by atoms with van der Waals surface area (Å²) in [6.45, 7) is 0.944. The van der Waals surface area contributed by atoms with Crippen molar-refractivity contribution >= 4 is 23.4 Å². The van der Waals surface area contributed by atoms with Crippen molar-refractivity contribution in [3.8, 4) is 0 Å². The van der Waals surface area contributed by atoms with Crippen LogP contribution >= 0.6 is 0 Å². The van der Waals surface area contributed by atoms with Crippen LogP contribution in [0.5, 0.6) is 0 Å². The second-order valence-electron chi connectivity index (χ2n) is 9.48. The smallest absolute Gasteiger partial charge is 0.319 e. The Hall–Kier alpha value is -4.25. The zero-order chi connectivity index (χ0) is 25.4. The molecule has 0 unspecified atom stereocenters. The van der Waals surface area contributed by atoms with Gasteiger partial charge in [-0.05, 0) is 38.6 Å². The van der Waals surface area contributed by atoms with Crippen LogP contribution in [-0.2, 0) is 12.1 Å². The van der Waals surface area contributed by atoms with Gasteiger partial charge in [-0.3, -0.25) is 20.0 Å². The molecule has 36 heavy (non-hydrogen) atoms. The van der Waals surface area contributed by atoms with Gasteiger partial charge in [-0.25, -0.2) is 4.79 Å². The fourth-order valence-corrected chi connectivity index (χ4v) is 4.81. The highest BCUT2D eigenvalue weighted by atomic mass is 16.6. The molecule has 5 rings (SSSR count). The van der Waals surface area contributed by atoms with Crippen LogP contribution in [0.4, 0.5) is 16.3 Å². The van der Waals surface area contributed by atoms with E-state index < -0.39 is 16.4 Å². The van der Waals surface area contributed by atoms with E-state index in [-0.39, 0.29) is 23.3 Å². The highest BCUT2D eigenvalue weighted by Crippen LogP contribution is 2.57. The van der Waals surface area contributed by atoms with Crippen molar-refractivity contribution in [2.24, 2.45) is 0 Å². The van der Waals surface area contributed by atoms with Gasteiger partial charge < -0.3 is 20.4 Å². The first-order valence-electron chi connectivity index (χ1n) is 11.7. The average Bonchev–Trinajstić information content (AvgIpc) is 3.46. The first-order chi connectivity index (χ1) is 17.3. The van der Waals surface area contributed by atoms with Crippen molar-refractivity contribution in [1.82, 2.24) is 25.3 Å². The molecular weight excluding hydrogens is 462 g/mol. The van der Waals surface area contributed by atoms with E-state index >= 15 is 0 Å². The van der Waals surface area contributed by atoms with Gasteiger partial charge in [0.25, 0.3) is 11.6 Å². The molecule has 3 N–H and O–H groups in total. The summed E-state index contributed by atoms with van der Waals surface area (Å²) in [4.78, 5) is 40.7. The number of carbonyl (C=O) groups is 2. The Morgan fingerprint density at radius 1 is 1.19 bits per heavy atom. The van der Waals surface area contributed by atoms with Crippen molar-refractivity contribution in [1.29, 1.82) is 0 Å². The number of nitro groups is 1. The number of amides is 3. The minimum absolute atomic E-state index is 0.157. The van der Waals surface area contributed by atoms with Gasteiger partial charge in [-0.15, -0.1) is 0 Å². The van der Waals surface area contributed by atoms with E-state index in [1.165, 1.54) is 24.3 Å². The number of non-ortho nitro benzene ring substituents is 1. The number of hydrogen-bond donors (Lipinski definition) is 3. The first kappa shape index (κ1) is 23.5. The summed E-state index contributed by atoms with van der Waals surface area (Å²) in [6.07, 6.45) is 1.61. The number of nitrogens with one attached hydrogen (secondary N) is 3. The quantitative estimate of drug-likeness (QED) is 0.344. The van der Waals surface area contributed by atoms with E-state index in [1.54, 1.807) is 0 Å². The Morgan fingerprint density at radius 2 is 1.94 bits per heavy atom. The monoisotopic (exact) mass is 489 g/mol. The van der Waals surface area contributed by atoms with Gasteiger partial charge in [0.1, 0.15) is 0 Å². The Morgan fingerprint density at radius 3 is 2.61 bits per heavy atom. The van der Waals surface area contributed by atoms with E-state index in [0.29, 0.717) is 18.9 Å². The number of anilines is 1. The molecule has 1 spiro atoms. The number of aromatic amines is 1. The molecule has 11 heteroatoms. The molecule has 1 aliphatic carbocycles. The lowest BCUT2D eigenvalue weighted by Crippen LogP contribution is -2.46. The fourth-order valence-electron chi connectivity index (χ4n) is 4.81. The number of rotatable bonds is 7. The van der Waals surface area contributed by atoms with Gasteiger partial charge in [0.15, 0.2) is 5.82 Å².